The Balaban J connectivity index is 1.39. The van der Waals surface area contributed by atoms with E-state index in [1.807, 2.05) is 37.3 Å². The number of nitrogens with one attached hydrogen (secondary N) is 2. The number of urea groups is 1. The summed E-state index contributed by atoms with van der Waals surface area (Å²) in [5, 5.41) is 5.78. The number of hydrogen-bond acceptors (Lipinski definition) is 6. The number of aryl methyl sites for hydroxylation is 1. The number of carbonyl (C=O) groups is 2. The molecule has 1 fully saturated rings. The fourth-order valence-electron chi connectivity index (χ4n) is 4.07. The normalized spacial score (nSPS) is 13.6. The van der Waals surface area contributed by atoms with E-state index in [1.54, 1.807) is 41.4 Å². The van der Waals surface area contributed by atoms with Crippen LogP contribution >= 0.6 is 0 Å². The minimum absolute atomic E-state index is 0.174. The van der Waals surface area contributed by atoms with Gasteiger partial charge in [-0.05, 0) is 49.2 Å². The summed E-state index contributed by atoms with van der Waals surface area (Å²) in [6, 6.07) is 18.1. The van der Waals surface area contributed by atoms with E-state index in [9.17, 15) is 9.59 Å². The Kier molecular flexibility index (Phi) is 9.07. The molecule has 3 aromatic rings. The summed E-state index contributed by atoms with van der Waals surface area (Å²) in [7, 11) is 0. The molecule has 37 heavy (non-hydrogen) atoms. The number of nitrogens with two attached hydrogens (primary N) is 1. The van der Waals surface area contributed by atoms with Gasteiger partial charge in [0.2, 0.25) is 0 Å². The van der Waals surface area contributed by atoms with E-state index in [0.717, 1.165) is 56.1 Å². The maximum Gasteiger partial charge on any atom is 0.322 e. The number of benzene rings is 2. The standard InChI is InChI=1S/C28H34N6O3/c1-21-7-10-23(11-8-21)31-28(36)34(14-4-13-33-15-17-37-18-16-33)20-22-9-12-26(30-19-22)27(35)32-25-6-3-2-5-24(25)29/h2-3,5-12,19H,4,13-18,20,29H2,1H3,(H,31,36)(H,32,35). The number of nitrogen functional groups attached to an aromatic ring is 1. The highest BCUT2D eigenvalue weighted by molar-refractivity contribution is 6.04. The van der Waals surface area contributed by atoms with Gasteiger partial charge >= 0.3 is 6.03 Å². The molecule has 0 spiro atoms. The minimum atomic E-state index is -0.344. The zero-order valence-corrected chi connectivity index (χ0v) is 21.2. The number of pyridine rings is 1. The fraction of sp³-hybridized carbons (Fsp3) is 0.321. The topological polar surface area (TPSA) is 113 Å². The monoisotopic (exact) mass is 502 g/mol. The maximum absolute atomic E-state index is 13.2. The van der Waals surface area contributed by atoms with Gasteiger partial charge in [0.05, 0.1) is 24.6 Å². The summed E-state index contributed by atoms with van der Waals surface area (Å²) in [4.78, 5) is 34.3. The van der Waals surface area contributed by atoms with Crippen LogP contribution in [0, 0.1) is 6.92 Å². The zero-order valence-electron chi connectivity index (χ0n) is 21.2. The van der Waals surface area contributed by atoms with Crippen LogP contribution in [0.2, 0.25) is 0 Å². The van der Waals surface area contributed by atoms with Gasteiger partial charge in [-0.15, -0.1) is 0 Å². The molecule has 9 heteroatoms. The van der Waals surface area contributed by atoms with Crippen LogP contribution in [-0.4, -0.2) is 66.1 Å². The van der Waals surface area contributed by atoms with Crippen LogP contribution in [0.4, 0.5) is 21.9 Å². The molecule has 9 nitrogen and oxygen atoms in total. The third-order valence-electron chi connectivity index (χ3n) is 6.24. The second kappa shape index (κ2) is 12.8. The Hall–Kier alpha value is -3.95. The maximum atomic E-state index is 13.2. The summed E-state index contributed by atoms with van der Waals surface area (Å²) in [6.07, 6.45) is 2.48. The highest BCUT2D eigenvalue weighted by atomic mass is 16.5. The van der Waals surface area contributed by atoms with E-state index in [2.05, 4.69) is 20.5 Å². The number of para-hydroxylation sites is 2. The summed E-state index contributed by atoms with van der Waals surface area (Å²) in [5.74, 6) is -0.344. The highest BCUT2D eigenvalue weighted by Crippen LogP contribution is 2.18. The molecule has 0 bridgehead atoms. The van der Waals surface area contributed by atoms with E-state index in [-0.39, 0.29) is 17.6 Å². The number of anilines is 3. The molecule has 0 unspecified atom stereocenters. The van der Waals surface area contributed by atoms with Crippen molar-refractivity contribution in [2.45, 2.75) is 19.9 Å². The van der Waals surface area contributed by atoms with Gasteiger partial charge in [-0.1, -0.05) is 35.9 Å². The number of aromatic nitrogens is 1. The number of carbonyl (C=O) groups excluding carboxylic acids is 2. The number of rotatable bonds is 9. The Morgan fingerprint density at radius 3 is 2.49 bits per heavy atom. The van der Waals surface area contributed by atoms with Crippen LogP contribution in [0.25, 0.3) is 0 Å². The van der Waals surface area contributed by atoms with Crippen molar-refractivity contribution in [1.82, 2.24) is 14.8 Å². The Morgan fingerprint density at radius 1 is 1.03 bits per heavy atom. The van der Waals surface area contributed by atoms with Crippen LogP contribution < -0.4 is 16.4 Å². The van der Waals surface area contributed by atoms with Crippen LogP contribution in [0.15, 0.2) is 66.9 Å². The molecule has 2 heterocycles. The SMILES string of the molecule is Cc1ccc(NC(=O)N(CCCN2CCOCC2)Cc2ccc(C(=O)Nc3ccccc3N)nc2)cc1. The molecule has 1 aromatic heterocycles. The van der Waals surface area contributed by atoms with E-state index in [1.165, 1.54) is 0 Å². The van der Waals surface area contributed by atoms with Crippen molar-refractivity contribution in [2.75, 3.05) is 55.8 Å². The number of nitrogens with zero attached hydrogens (tertiary/aromatic N) is 3. The number of ether oxygens (including phenoxy) is 1. The second-order valence-corrected chi connectivity index (χ2v) is 9.12. The number of amides is 3. The fourth-order valence-corrected chi connectivity index (χ4v) is 4.07. The predicted molar refractivity (Wildman–Crippen MR) is 146 cm³/mol. The third-order valence-corrected chi connectivity index (χ3v) is 6.24. The van der Waals surface area contributed by atoms with Crippen LogP contribution in [0.1, 0.15) is 28.0 Å². The molecule has 0 aliphatic carbocycles. The van der Waals surface area contributed by atoms with Gasteiger partial charge in [0.25, 0.3) is 5.91 Å². The lowest BCUT2D eigenvalue weighted by molar-refractivity contribution is 0.0365. The number of hydrogen-bond donors (Lipinski definition) is 3. The highest BCUT2D eigenvalue weighted by Gasteiger charge is 2.17. The predicted octanol–water partition coefficient (Wildman–Crippen LogP) is 3.98. The van der Waals surface area contributed by atoms with Gasteiger partial charge in [-0.2, -0.15) is 0 Å². The molecule has 3 amide bonds. The minimum Gasteiger partial charge on any atom is -0.397 e. The Morgan fingerprint density at radius 2 is 1.78 bits per heavy atom. The molecule has 1 aliphatic rings. The van der Waals surface area contributed by atoms with Gasteiger partial charge < -0.3 is 26.0 Å². The largest absolute Gasteiger partial charge is 0.397 e. The molecule has 2 aromatic carbocycles. The number of morpholine rings is 1. The van der Waals surface area contributed by atoms with Gasteiger partial charge in [-0.3, -0.25) is 14.7 Å². The summed E-state index contributed by atoms with van der Waals surface area (Å²) in [5.41, 5.74) is 9.93. The average molecular weight is 503 g/mol. The molecule has 194 valence electrons. The van der Waals surface area contributed by atoms with Gasteiger partial charge in [-0.25, -0.2) is 4.79 Å². The molecular weight excluding hydrogens is 468 g/mol. The molecule has 1 aliphatic heterocycles. The lowest BCUT2D eigenvalue weighted by Crippen LogP contribution is -2.40. The Bertz CT molecular complexity index is 1180. The molecule has 1 saturated heterocycles. The molecule has 0 atom stereocenters. The lowest BCUT2D eigenvalue weighted by Gasteiger charge is -2.28. The molecular formula is C28H34N6O3. The first-order valence-electron chi connectivity index (χ1n) is 12.5. The Labute approximate surface area is 217 Å². The van der Waals surface area contributed by atoms with E-state index in [4.69, 9.17) is 10.5 Å². The van der Waals surface area contributed by atoms with Crippen molar-refractivity contribution in [2.24, 2.45) is 0 Å². The summed E-state index contributed by atoms with van der Waals surface area (Å²) >= 11 is 0. The van der Waals surface area contributed by atoms with E-state index < -0.39 is 0 Å². The van der Waals surface area contributed by atoms with Crippen molar-refractivity contribution >= 4 is 29.0 Å². The summed E-state index contributed by atoms with van der Waals surface area (Å²) < 4.78 is 5.43. The van der Waals surface area contributed by atoms with Crippen molar-refractivity contribution in [1.29, 1.82) is 0 Å². The molecule has 0 saturated carbocycles. The molecule has 4 rings (SSSR count). The first kappa shape index (κ1) is 26.1. The average Bonchev–Trinajstić information content (AvgIpc) is 2.91. The van der Waals surface area contributed by atoms with Crippen molar-refractivity contribution in [3.8, 4) is 0 Å². The summed E-state index contributed by atoms with van der Waals surface area (Å²) in [6.45, 7) is 7.20. The first-order valence-corrected chi connectivity index (χ1v) is 12.5. The third kappa shape index (κ3) is 7.77. The smallest absolute Gasteiger partial charge is 0.322 e. The second-order valence-electron chi connectivity index (χ2n) is 9.12. The van der Waals surface area contributed by atoms with Crippen molar-refractivity contribution in [3.05, 3.63) is 83.7 Å². The van der Waals surface area contributed by atoms with Crippen LogP contribution in [-0.2, 0) is 11.3 Å². The molecule has 4 N–H and O–H groups in total. The quantitative estimate of drug-likeness (QED) is 0.382. The first-order chi connectivity index (χ1) is 18.0. The van der Waals surface area contributed by atoms with Crippen molar-refractivity contribution in [3.63, 3.8) is 0 Å². The van der Waals surface area contributed by atoms with Crippen LogP contribution in [0.5, 0.6) is 0 Å². The van der Waals surface area contributed by atoms with Crippen LogP contribution in [0.3, 0.4) is 0 Å². The van der Waals surface area contributed by atoms with E-state index >= 15 is 0 Å². The lowest BCUT2D eigenvalue weighted by atomic mass is 10.2. The van der Waals surface area contributed by atoms with E-state index in [0.29, 0.717) is 24.5 Å². The molecule has 0 radical (unpaired) electrons. The van der Waals surface area contributed by atoms with Crippen molar-refractivity contribution < 1.29 is 14.3 Å². The van der Waals surface area contributed by atoms with Gasteiger partial charge in [0, 0.05) is 44.6 Å². The zero-order chi connectivity index (χ0) is 26.0. The van der Waals surface area contributed by atoms with Gasteiger partial charge in [0.1, 0.15) is 5.69 Å². The van der Waals surface area contributed by atoms with Gasteiger partial charge in [0.15, 0.2) is 0 Å².